The maximum absolute atomic E-state index is 13.2. The zero-order chi connectivity index (χ0) is 20.4. The third kappa shape index (κ3) is 4.45. The fourth-order valence-electron chi connectivity index (χ4n) is 4.05. The third-order valence-corrected chi connectivity index (χ3v) is 6.92. The minimum Gasteiger partial charge on any atom is -0.349 e. The second kappa shape index (κ2) is 8.54. The first-order valence-electron chi connectivity index (χ1n) is 10.2. The van der Waals surface area contributed by atoms with Gasteiger partial charge in [0.1, 0.15) is 10.8 Å². The molecule has 3 aromatic rings. The van der Waals surface area contributed by atoms with Crippen molar-refractivity contribution in [3.8, 4) is 0 Å². The van der Waals surface area contributed by atoms with Gasteiger partial charge in [0, 0.05) is 16.3 Å². The van der Waals surface area contributed by atoms with Crippen molar-refractivity contribution in [1.29, 1.82) is 0 Å². The highest BCUT2D eigenvalue weighted by atomic mass is 32.2. The summed E-state index contributed by atoms with van der Waals surface area (Å²) in [6.07, 6.45) is 3.40. The number of pyridine rings is 1. The topological polar surface area (TPSA) is 42.0 Å². The molecule has 0 aliphatic heterocycles. The molecule has 1 aliphatic carbocycles. The minimum atomic E-state index is -0.267. The van der Waals surface area contributed by atoms with Gasteiger partial charge in [-0.05, 0) is 54.7 Å². The molecule has 0 spiro atoms. The van der Waals surface area contributed by atoms with E-state index >= 15 is 0 Å². The summed E-state index contributed by atoms with van der Waals surface area (Å²) in [5.41, 5.74) is 1.43. The van der Waals surface area contributed by atoms with Gasteiger partial charge in [-0.3, -0.25) is 4.79 Å². The van der Waals surface area contributed by atoms with Crippen LogP contribution in [0.2, 0.25) is 0 Å². The SMILES string of the molecule is C[C@H]1[C@H](C)CCC[C@H]1NC(=O)c1cc(Sc2ccc(F)cc2)nc2ccccc12. The Morgan fingerprint density at radius 1 is 1.10 bits per heavy atom. The molecule has 1 N–H and O–H groups in total. The number of carbonyl (C=O) groups excluding carboxylic acids is 1. The van der Waals surface area contributed by atoms with E-state index in [1.165, 1.54) is 30.3 Å². The smallest absolute Gasteiger partial charge is 0.252 e. The Balaban J connectivity index is 1.65. The normalized spacial score (nSPS) is 21.8. The van der Waals surface area contributed by atoms with Gasteiger partial charge in [-0.1, -0.05) is 56.7 Å². The fraction of sp³-hybridized carbons (Fsp3) is 0.333. The molecule has 0 radical (unpaired) electrons. The molecule has 1 fully saturated rings. The number of rotatable bonds is 4. The summed E-state index contributed by atoms with van der Waals surface area (Å²) in [7, 11) is 0. The maximum Gasteiger partial charge on any atom is 0.252 e. The first-order valence-corrected chi connectivity index (χ1v) is 11.0. The first kappa shape index (κ1) is 19.9. The number of fused-ring (bicyclic) bond motifs is 1. The summed E-state index contributed by atoms with van der Waals surface area (Å²) in [4.78, 5) is 18.8. The van der Waals surface area contributed by atoms with Crippen LogP contribution in [0.4, 0.5) is 4.39 Å². The van der Waals surface area contributed by atoms with Crippen LogP contribution in [0.5, 0.6) is 0 Å². The zero-order valence-electron chi connectivity index (χ0n) is 16.7. The molecule has 29 heavy (non-hydrogen) atoms. The largest absolute Gasteiger partial charge is 0.349 e. The number of nitrogens with one attached hydrogen (secondary N) is 1. The lowest BCUT2D eigenvalue weighted by Gasteiger charge is -2.34. The van der Waals surface area contributed by atoms with Crippen molar-refractivity contribution < 1.29 is 9.18 Å². The summed E-state index contributed by atoms with van der Waals surface area (Å²) in [5.74, 6) is 0.772. The van der Waals surface area contributed by atoms with Crippen molar-refractivity contribution in [2.75, 3.05) is 0 Å². The summed E-state index contributed by atoms with van der Waals surface area (Å²) >= 11 is 1.43. The van der Waals surface area contributed by atoms with Crippen LogP contribution in [0.3, 0.4) is 0 Å². The number of para-hydroxylation sites is 1. The molecule has 4 rings (SSSR count). The minimum absolute atomic E-state index is 0.0458. The van der Waals surface area contributed by atoms with Crippen LogP contribution >= 0.6 is 11.8 Å². The van der Waals surface area contributed by atoms with E-state index in [1.807, 2.05) is 30.3 Å². The summed E-state index contributed by atoms with van der Waals surface area (Å²) in [6.45, 7) is 4.50. The Kier molecular flexibility index (Phi) is 5.86. The van der Waals surface area contributed by atoms with E-state index in [2.05, 4.69) is 19.2 Å². The van der Waals surface area contributed by atoms with Crippen molar-refractivity contribution in [1.82, 2.24) is 10.3 Å². The van der Waals surface area contributed by atoms with Crippen LogP contribution in [-0.2, 0) is 0 Å². The van der Waals surface area contributed by atoms with Gasteiger partial charge in [0.2, 0.25) is 0 Å². The number of benzene rings is 2. The summed E-state index contributed by atoms with van der Waals surface area (Å²) in [5, 5.41) is 4.86. The van der Waals surface area contributed by atoms with Crippen LogP contribution in [-0.4, -0.2) is 16.9 Å². The average Bonchev–Trinajstić information content (AvgIpc) is 2.72. The maximum atomic E-state index is 13.2. The number of aromatic nitrogens is 1. The molecule has 1 heterocycles. The molecule has 1 aromatic heterocycles. The Morgan fingerprint density at radius 2 is 1.86 bits per heavy atom. The molecule has 150 valence electrons. The highest BCUT2D eigenvalue weighted by Crippen LogP contribution is 2.32. The molecule has 0 bridgehead atoms. The Bertz CT molecular complexity index is 1020. The third-order valence-electron chi connectivity index (χ3n) is 6.00. The number of nitrogens with zero attached hydrogens (tertiary/aromatic N) is 1. The van der Waals surface area contributed by atoms with Crippen molar-refractivity contribution >= 4 is 28.6 Å². The lowest BCUT2D eigenvalue weighted by molar-refractivity contribution is 0.0892. The molecular weight excluding hydrogens is 383 g/mol. The molecule has 0 unspecified atom stereocenters. The van der Waals surface area contributed by atoms with E-state index in [-0.39, 0.29) is 17.8 Å². The quantitative estimate of drug-likeness (QED) is 0.569. The van der Waals surface area contributed by atoms with Crippen molar-refractivity contribution in [3.63, 3.8) is 0 Å². The highest BCUT2D eigenvalue weighted by molar-refractivity contribution is 7.99. The van der Waals surface area contributed by atoms with Crippen LogP contribution in [0.15, 0.2) is 64.5 Å². The van der Waals surface area contributed by atoms with Gasteiger partial charge in [-0.2, -0.15) is 0 Å². The Hall–Kier alpha value is -2.40. The summed E-state index contributed by atoms with van der Waals surface area (Å²) < 4.78 is 13.2. The highest BCUT2D eigenvalue weighted by Gasteiger charge is 2.29. The van der Waals surface area contributed by atoms with E-state index in [0.717, 1.165) is 33.7 Å². The number of carbonyl (C=O) groups is 1. The standard InChI is InChI=1S/C24H25FN2OS/c1-15-6-5-9-21(16(15)2)27-24(28)20-14-23(26-22-8-4-3-7-19(20)22)29-18-12-10-17(25)11-13-18/h3-4,7-8,10-16,21H,5-6,9H2,1-2H3,(H,27,28)/t15-,16+,21-/m1/s1. The fourth-order valence-corrected chi connectivity index (χ4v) is 4.88. The van der Waals surface area contributed by atoms with E-state index in [9.17, 15) is 9.18 Å². The van der Waals surface area contributed by atoms with Crippen molar-refractivity contribution in [2.45, 2.75) is 49.1 Å². The van der Waals surface area contributed by atoms with Crippen LogP contribution in [0, 0.1) is 17.7 Å². The molecule has 1 aliphatic rings. The van der Waals surface area contributed by atoms with Crippen molar-refractivity contribution in [2.24, 2.45) is 11.8 Å². The second-order valence-corrected chi connectivity index (χ2v) is 9.02. The van der Waals surface area contributed by atoms with Gasteiger partial charge in [0.15, 0.2) is 0 Å². The predicted octanol–water partition coefficient (Wildman–Crippen LogP) is 6.08. The lowest BCUT2D eigenvalue weighted by Crippen LogP contribution is -2.43. The van der Waals surface area contributed by atoms with Gasteiger partial charge in [-0.15, -0.1) is 0 Å². The number of hydrogen-bond donors (Lipinski definition) is 1. The molecule has 1 amide bonds. The molecule has 3 nitrogen and oxygen atoms in total. The molecule has 3 atom stereocenters. The van der Waals surface area contributed by atoms with Crippen molar-refractivity contribution in [3.05, 3.63) is 66.0 Å². The molecule has 1 saturated carbocycles. The van der Waals surface area contributed by atoms with Gasteiger partial charge in [0.05, 0.1) is 11.1 Å². The number of amides is 1. The first-order chi connectivity index (χ1) is 14.0. The van der Waals surface area contributed by atoms with E-state index < -0.39 is 0 Å². The van der Waals surface area contributed by atoms with E-state index in [4.69, 9.17) is 4.98 Å². The van der Waals surface area contributed by atoms with Crippen LogP contribution in [0.25, 0.3) is 10.9 Å². The number of hydrogen-bond acceptors (Lipinski definition) is 3. The lowest BCUT2D eigenvalue weighted by atomic mass is 9.78. The van der Waals surface area contributed by atoms with Gasteiger partial charge >= 0.3 is 0 Å². The zero-order valence-corrected chi connectivity index (χ0v) is 17.5. The molecule has 2 aromatic carbocycles. The molecular formula is C24H25FN2OS. The van der Waals surface area contributed by atoms with E-state index in [1.54, 1.807) is 12.1 Å². The molecule has 0 saturated heterocycles. The Morgan fingerprint density at radius 3 is 2.66 bits per heavy atom. The molecule has 5 heteroatoms. The van der Waals surface area contributed by atoms with Gasteiger partial charge < -0.3 is 5.32 Å². The predicted molar refractivity (Wildman–Crippen MR) is 116 cm³/mol. The Labute approximate surface area is 175 Å². The second-order valence-electron chi connectivity index (χ2n) is 7.93. The van der Waals surface area contributed by atoms with Crippen LogP contribution in [0.1, 0.15) is 43.5 Å². The average molecular weight is 409 g/mol. The van der Waals surface area contributed by atoms with Gasteiger partial charge in [-0.25, -0.2) is 9.37 Å². The van der Waals surface area contributed by atoms with E-state index in [0.29, 0.717) is 17.4 Å². The number of halogens is 1. The van der Waals surface area contributed by atoms with Gasteiger partial charge in [0.25, 0.3) is 5.91 Å². The van der Waals surface area contributed by atoms with Crippen LogP contribution < -0.4 is 5.32 Å². The monoisotopic (exact) mass is 408 g/mol. The summed E-state index contributed by atoms with van der Waals surface area (Å²) in [6, 6.07) is 16.1.